The van der Waals surface area contributed by atoms with Crippen molar-refractivity contribution in [3.05, 3.63) is 119 Å². The minimum atomic E-state index is -2.03. The average molecular weight is 530 g/mol. The van der Waals surface area contributed by atoms with Crippen molar-refractivity contribution in [1.82, 2.24) is 0 Å². The molecule has 0 atom stereocenters. The molecule has 4 aromatic carbocycles. The van der Waals surface area contributed by atoms with E-state index in [0.29, 0.717) is 0 Å². The third-order valence-corrected chi connectivity index (χ3v) is 5.23. The molecule has 0 spiro atoms. The van der Waals surface area contributed by atoms with Gasteiger partial charge in [0, 0.05) is 0 Å². The van der Waals surface area contributed by atoms with E-state index in [0.717, 1.165) is 12.8 Å². The Labute approximate surface area is 196 Å². The Hall–Kier alpha value is -1.51. The Kier molecular flexibility index (Phi) is 7.38. The zero-order valence-corrected chi connectivity index (χ0v) is 20.5. The Morgan fingerprint density at radius 2 is 0.900 bits per heavy atom. The largest absolute Gasteiger partial charge is 0.179 e. The minimum absolute atomic E-state index is 1.05. The molecule has 0 amide bonds. The van der Waals surface area contributed by atoms with E-state index >= 15 is 0 Å². The monoisotopic (exact) mass is 528 g/mol. The van der Waals surface area contributed by atoms with E-state index in [1.165, 1.54) is 44.5 Å². The SMILES string of the molecule is [Cl][Nb]([Cl])[Cl].[c-]1cccc2c1Cc1ccccc1-2.[c-]1cccc2c1Cc1ccccc1-2. The van der Waals surface area contributed by atoms with Gasteiger partial charge in [-0.1, -0.05) is 70.8 Å². The summed E-state index contributed by atoms with van der Waals surface area (Å²) in [6.07, 6.45) is 2.10. The second kappa shape index (κ2) is 10.2. The van der Waals surface area contributed by atoms with Crippen LogP contribution in [0.3, 0.4) is 0 Å². The molecule has 0 aromatic heterocycles. The Morgan fingerprint density at radius 1 is 0.533 bits per heavy atom. The van der Waals surface area contributed by atoms with Gasteiger partial charge in [0.1, 0.15) is 0 Å². The fourth-order valence-electron chi connectivity index (χ4n) is 4.00. The van der Waals surface area contributed by atoms with Crippen LogP contribution in [-0.2, 0) is 28.0 Å². The number of halogens is 3. The van der Waals surface area contributed by atoms with Crippen molar-refractivity contribution >= 4 is 27.6 Å². The molecule has 2 aliphatic rings. The molecule has 0 unspecified atom stereocenters. The van der Waals surface area contributed by atoms with Gasteiger partial charge in [-0.15, -0.1) is 11.1 Å². The van der Waals surface area contributed by atoms with Crippen LogP contribution in [0, 0.1) is 12.1 Å². The van der Waals surface area contributed by atoms with Crippen molar-refractivity contribution in [2.45, 2.75) is 12.8 Å². The van der Waals surface area contributed by atoms with Crippen molar-refractivity contribution in [3.8, 4) is 22.3 Å². The second-order valence-electron chi connectivity index (χ2n) is 6.98. The molecule has 0 fully saturated rings. The average Bonchev–Trinajstić information content (AvgIpc) is 3.32. The molecule has 0 saturated heterocycles. The van der Waals surface area contributed by atoms with E-state index in [4.69, 9.17) is 27.6 Å². The van der Waals surface area contributed by atoms with Gasteiger partial charge in [-0.2, -0.15) is 59.7 Å². The van der Waals surface area contributed by atoms with Crippen LogP contribution in [0.5, 0.6) is 0 Å². The van der Waals surface area contributed by atoms with E-state index in [-0.39, 0.29) is 0 Å². The van der Waals surface area contributed by atoms with Crippen LogP contribution in [0.15, 0.2) is 84.9 Å². The normalized spacial score (nSPS) is 11.9. The van der Waals surface area contributed by atoms with E-state index < -0.39 is 15.2 Å². The maximum atomic E-state index is 4.99. The molecule has 0 bridgehead atoms. The molecule has 0 heterocycles. The van der Waals surface area contributed by atoms with Crippen molar-refractivity contribution < 1.29 is 15.2 Å². The molecular formula is C26H18Cl3Nb-2. The molecule has 0 radical (unpaired) electrons. The summed E-state index contributed by atoms with van der Waals surface area (Å²) in [4.78, 5) is 0. The third kappa shape index (κ3) is 5.03. The Bertz CT molecular complexity index is 975. The maximum absolute atomic E-state index is 4.99. The van der Waals surface area contributed by atoms with Gasteiger partial charge in [-0.3, -0.25) is 0 Å². The molecule has 0 saturated carbocycles. The number of hydrogen-bond donors (Lipinski definition) is 0. The number of hydrogen-bond acceptors (Lipinski definition) is 0. The van der Waals surface area contributed by atoms with Crippen molar-refractivity contribution in [1.29, 1.82) is 0 Å². The van der Waals surface area contributed by atoms with E-state index in [2.05, 4.69) is 84.9 Å². The molecule has 6 rings (SSSR count). The zero-order valence-electron chi connectivity index (χ0n) is 16.1. The van der Waals surface area contributed by atoms with Gasteiger partial charge >= 0.3 is 42.8 Å². The first-order chi connectivity index (χ1) is 14.6. The van der Waals surface area contributed by atoms with Gasteiger partial charge in [0.25, 0.3) is 0 Å². The van der Waals surface area contributed by atoms with E-state index in [1.54, 1.807) is 0 Å². The summed E-state index contributed by atoms with van der Waals surface area (Å²) in [6.45, 7) is 0. The van der Waals surface area contributed by atoms with E-state index in [9.17, 15) is 0 Å². The van der Waals surface area contributed by atoms with Gasteiger partial charge in [-0.25, -0.2) is 0 Å². The second-order valence-corrected chi connectivity index (χ2v) is 17.0. The van der Waals surface area contributed by atoms with Gasteiger partial charge in [0.15, 0.2) is 0 Å². The predicted octanol–water partition coefficient (Wildman–Crippen LogP) is 8.18. The Balaban J connectivity index is 0.000000124. The number of benzene rings is 4. The molecule has 150 valence electrons. The third-order valence-electron chi connectivity index (χ3n) is 5.23. The zero-order chi connectivity index (χ0) is 20.9. The topological polar surface area (TPSA) is 0 Å². The van der Waals surface area contributed by atoms with Gasteiger partial charge in [0.2, 0.25) is 0 Å². The standard InChI is InChI=1S/2C13H9.3ClH.Nb/c2*1-3-7-12-10(5-1)9-11-6-2-4-8-13(11)12;;;;/h2*1-5,7-8H,9H2;3*1H;/q2*-1;;;;+3/p-3. The van der Waals surface area contributed by atoms with Crippen molar-refractivity contribution in [3.63, 3.8) is 0 Å². The molecule has 30 heavy (non-hydrogen) atoms. The predicted molar refractivity (Wildman–Crippen MR) is 125 cm³/mol. The molecule has 2 aliphatic carbocycles. The first kappa shape index (κ1) is 21.7. The van der Waals surface area contributed by atoms with Gasteiger partial charge in [-0.05, 0) is 12.8 Å². The Morgan fingerprint density at radius 3 is 1.33 bits per heavy atom. The summed E-state index contributed by atoms with van der Waals surface area (Å²) in [5.41, 5.74) is 11.0. The van der Waals surface area contributed by atoms with Crippen LogP contribution in [-0.4, -0.2) is 0 Å². The molecule has 0 N–H and O–H groups in total. The smallest absolute Gasteiger partial charge is 0.0253 e. The van der Waals surface area contributed by atoms with Crippen LogP contribution in [0.2, 0.25) is 0 Å². The molecule has 0 nitrogen and oxygen atoms in total. The van der Waals surface area contributed by atoms with Crippen molar-refractivity contribution in [2.75, 3.05) is 0 Å². The molecule has 4 aromatic rings. The molecule has 4 heteroatoms. The summed E-state index contributed by atoms with van der Waals surface area (Å²) >= 11 is -2.03. The summed E-state index contributed by atoms with van der Waals surface area (Å²) in [7, 11) is 15.0. The van der Waals surface area contributed by atoms with Gasteiger partial charge < -0.3 is 0 Å². The summed E-state index contributed by atoms with van der Waals surface area (Å²) < 4.78 is 0. The van der Waals surface area contributed by atoms with Crippen LogP contribution < -0.4 is 0 Å². The fourth-order valence-corrected chi connectivity index (χ4v) is 4.00. The minimum Gasteiger partial charge on any atom is -0.179 e. The maximum Gasteiger partial charge on any atom is -0.0253 e. The van der Waals surface area contributed by atoms with E-state index in [1.807, 2.05) is 12.1 Å². The van der Waals surface area contributed by atoms with Crippen LogP contribution >= 0.6 is 27.6 Å². The van der Waals surface area contributed by atoms with Crippen molar-refractivity contribution in [2.24, 2.45) is 0 Å². The molecule has 0 aliphatic heterocycles. The first-order valence-electron chi connectivity index (χ1n) is 9.56. The van der Waals surface area contributed by atoms with Crippen LogP contribution in [0.4, 0.5) is 0 Å². The first-order valence-corrected chi connectivity index (χ1v) is 18.1. The molecular weight excluding hydrogens is 512 g/mol. The summed E-state index contributed by atoms with van der Waals surface area (Å²) in [5.74, 6) is 0. The quantitative estimate of drug-likeness (QED) is 0.137. The van der Waals surface area contributed by atoms with Crippen LogP contribution in [0.25, 0.3) is 22.3 Å². The summed E-state index contributed by atoms with van der Waals surface area (Å²) in [5, 5.41) is 0. The summed E-state index contributed by atoms with van der Waals surface area (Å²) in [6, 6.07) is 36.2. The van der Waals surface area contributed by atoms with Gasteiger partial charge in [0.05, 0.1) is 0 Å². The number of rotatable bonds is 0. The van der Waals surface area contributed by atoms with Crippen LogP contribution in [0.1, 0.15) is 22.3 Å². The number of fused-ring (bicyclic) bond motifs is 6. The fraction of sp³-hybridized carbons (Fsp3) is 0.0769.